The van der Waals surface area contributed by atoms with Crippen LogP contribution in [0.25, 0.3) is 0 Å². The van der Waals surface area contributed by atoms with Gasteiger partial charge in [0.05, 0.1) is 0 Å². The number of nitrogens with zero attached hydrogens (tertiary/aromatic N) is 2. The lowest BCUT2D eigenvalue weighted by atomic mass is 10.5. The van der Waals surface area contributed by atoms with Crippen molar-refractivity contribution >= 4 is 6.03 Å². The Kier molecular flexibility index (Phi) is 3.54. The van der Waals surface area contributed by atoms with Crippen LogP contribution in [0.15, 0.2) is 0 Å². The van der Waals surface area contributed by atoms with E-state index in [1.165, 1.54) is 12.8 Å². The largest absolute Gasteiger partial charge is 0.337 e. The van der Waals surface area contributed by atoms with Crippen molar-refractivity contribution < 1.29 is 4.79 Å². The van der Waals surface area contributed by atoms with Crippen molar-refractivity contribution in [3.8, 4) is 0 Å². The van der Waals surface area contributed by atoms with Crippen LogP contribution in [0.4, 0.5) is 4.79 Å². The van der Waals surface area contributed by atoms with E-state index in [1.807, 2.05) is 0 Å². The summed E-state index contributed by atoms with van der Waals surface area (Å²) in [5.41, 5.74) is 0. The maximum atomic E-state index is 11.1. The van der Waals surface area contributed by atoms with Crippen LogP contribution in [-0.4, -0.2) is 56.1 Å². The molecule has 76 valence electrons. The highest BCUT2D eigenvalue weighted by Gasteiger charge is 2.25. The molecule has 0 radical (unpaired) electrons. The molecule has 0 aromatic rings. The van der Waals surface area contributed by atoms with Crippen molar-refractivity contribution in [2.75, 3.05) is 34.2 Å². The van der Waals surface area contributed by atoms with Gasteiger partial charge in [-0.3, -0.25) is 0 Å². The Balaban J connectivity index is 2.02. The predicted molar refractivity (Wildman–Crippen MR) is 52.7 cm³/mol. The smallest absolute Gasteiger partial charge is 0.316 e. The Morgan fingerprint density at radius 2 is 2.00 bits per heavy atom. The third-order valence-electron chi connectivity index (χ3n) is 2.32. The summed E-state index contributed by atoms with van der Waals surface area (Å²) in [7, 11) is 5.61. The van der Waals surface area contributed by atoms with Gasteiger partial charge < -0.3 is 15.1 Å². The van der Waals surface area contributed by atoms with E-state index in [4.69, 9.17) is 0 Å². The van der Waals surface area contributed by atoms with Crippen molar-refractivity contribution in [1.29, 1.82) is 0 Å². The summed E-state index contributed by atoms with van der Waals surface area (Å²) in [6, 6.07) is 0.764. The maximum Gasteiger partial charge on any atom is 0.316 e. The van der Waals surface area contributed by atoms with Gasteiger partial charge in [-0.2, -0.15) is 0 Å². The first-order chi connectivity index (χ1) is 6.11. The lowest BCUT2D eigenvalue weighted by Gasteiger charge is -2.17. The van der Waals surface area contributed by atoms with Crippen molar-refractivity contribution in [3.63, 3.8) is 0 Å². The minimum absolute atomic E-state index is 0.0100. The fourth-order valence-corrected chi connectivity index (χ4v) is 1.20. The summed E-state index contributed by atoms with van der Waals surface area (Å²) in [4.78, 5) is 15.0. The molecule has 0 unspecified atom stereocenters. The molecular weight excluding hydrogens is 166 g/mol. The first kappa shape index (κ1) is 10.3. The Bertz CT molecular complexity index is 178. The molecule has 13 heavy (non-hydrogen) atoms. The number of carbonyl (C=O) groups excluding carboxylic acids is 1. The van der Waals surface area contributed by atoms with E-state index in [0.717, 1.165) is 19.1 Å². The van der Waals surface area contributed by atoms with E-state index < -0.39 is 0 Å². The van der Waals surface area contributed by atoms with Gasteiger partial charge in [-0.05, 0) is 19.9 Å². The first-order valence-electron chi connectivity index (χ1n) is 4.76. The van der Waals surface area contributed by atoms with Crippen LogP contribution in [0.5, 0.6) is 0 Å². The zero-order valence-corrected chi connectivity index (χ0v) is 8.71. The molecule has 0 saturated heterocycles. The summed E-state index contributed by atoms with van der Waals surface area (Å²) in [5.74, 6) is 0. The summed E-state index contributed by atoms with van der Waals surface area (Å²) >= 11 is 0. The van der Waals surface area contributed by atoms with Crippen LogP contribution in [0.1, 0.15) is 12.8 Å². The van der Waals surface area contributed by atoms with Crippen LogP contribution >= 0.6 is 0 Å². The van der Waals surface area contributed by atoms with E-state index in [9.17, 15) is 4.79 Å². The molecule has 1 saturated carbocycles. The van der Waals surface area contributed by atoms with E-state index in [0.29, 0.717) is 0 Å². The molecule has 1 aliphatic carbocycles. The number of likely N-dealkylation sites (N-methyl/N-ethyl adjacent to an activating group) is 1. The van der Waals surface area contributed by atoms with Crippen LogP contribution in [-0.2, 0) is 0 Å². The second-order valence-electron chi connectivity index (χ2n) is 3.84. The molecule has 2 amide bonds. The summed E-state index contributed by atoms with van der Waals surface area (Å²) < 4.78 is 0. The van der Waals surface area contributed by atoms with Crippen molar-refractivity contribution in [1.82, 2.24) is 15.1 Å². The van der Waals surface area contributed by atoms with Crippen molar-refractivity contribution in [2.45, 2.75) is 18.9 Å². The fourth-order valence-electron chi connectivity index (χ4n) is 1.20. The van der Waals surface area contributed by atoms with Crippen LogP contribution < -0.4 is 5.32 Å². The number of carbonyl (C=O) groups is 1. The molecule has 0 aromatic heterocycles. The standard InChI is InChI=1S/C9H19N3O/c1-11(2)9(13)10-6-7-12(3)8-4-5-8/h8H,4-7H2,1-3H3,(H,10,13). The lowest BCUT2D eigenvalue weighted by molar-refractivity contribution is 0.215. The summed E-state index contributed by atoms with van der Waals surface area (Å²) in [5, 5.41) is 2.84. The van der Waals surface area contributed by atoms with Gasteiger partial charge in [0.2, 0.25) is 0 Å². The van der Waals surface area contributed by atoms with Gasteiger partial charge in [0, 0.05) is 33.2 Å². The fraction of sp³-hybridized carbons (Fsp3) is 0.889. The highest BCUT2D eigenvalue weighted by molar-refractivity contribution is 5.73. The summed E-state index contributed by atoms with van der Waals surface area (Å²) in [6.45, 7) is 1.69. The number of hydrogen-bond donors (Lipinski definition) is 1. The average Bonchev–Trinajstić information content (AvgIpc) is 2.85. The van der Waals surface area contributed by atoms with E-state index >= 15 is 0 Å². The van der Waals surface area contributed by atoms with Crippen LogP contribution in [0, 0.1) is 0 Å². The lowest BCUT2D eigenvalue weighted by Crippen LogP contribution is -2.39. The Labute approximate surface area is 79.9 Å². The average molecular weight is 185 g/mol. The SMILES string of the molecule is CN(C)C(=O)NCCN(C)C1CC1. The minimum atomic E-state index is -0.0100. The van der Waals surface area contributed by atoms with Gasteiger partial charge in [0.1, 0.15) is 0 Å². The van der Waals surface area contributed by atoms with Crippen molar-refractivity contribution in [3.05, 3.63) is 0 Å². The third-order valence-corrected chi connectivity index (χ3v) is 2.32. The summed E-state index contributed by atoms with van der Waals surface area (Å²) in [6.07, 6.45) is 2.64. The number of hydrogen-bond acceptors (Lipinski definition) is 2. The molecule has 4 nitrogen and oxygen atoms in total. The Hall–Kier alpha value is -0.770. The zero-order valence-electron chi connectivity index (χ0n) is 8.71. The second kappa shape index (κ2) is 4.46. The molecule has 0 heterocycles. The number of rotatable bonds is 4. The van der Waals surface area contributed by atoms with E-state index in [1.54, 1.807) is 19.0 Å². The van der Waals surface area contributed by atoms with Crippen LogP contribution in [0.2, 0.25) is 0 Å². The van der Waals surface area contributed by atoms with Gasteiger partial charge in [-0.1, -0.05) is 0 Å². The molecule has 0 aliphatic heterocycles. The zero-order chi connectivity index (χ0) is 9.84. The van der Waals surface area contributed by atoms with Gasteiger partial charge in [0.15, 0.2) is 0 Å². The number of nitrogens with one attached hydrogen (secondary N) is 1. The molecule has 1 rings (SSSR count). The van der Waals surface area contributed by atoms with E-state index in [-0.39, 0.29) is 6.03 Å². The molecule has 1 fully saturated rings. The normalized spacial score (nSPS) is 16.0. The van der Waals surface area contributed by atoms with E-state index in [2.05, 4.69) is 17.3 Å². The molecule has 0 bridgehead atoms. The molecule has 1 aliphatic rings. The monoisotopic (exact) mass is 185 g/mol. The third kappa shape index (κ3) is 3.63. The van der Waals surface area contributed by atoms with Gasteiger partial charge in [-0.15, -0.1) is 0 Å². The van der Waals surface area contributed by atoms with Gasteiger partial charge in [-0.25, -0.2) is 4.79 Å². The highest BCUT2D eigenvalue weighted by atomic mass is 16.2. The topological polar surface area (TPSA) is 35.6 Å². The molecular formula is C9H19N3O. The quantitative estimate of drug-likeness (QED) is 0.686. The molecule has 1 N–H and O–H groups in total. The number of urea groups is 1. The predicted octanol–water partition coefficient (Wildman–Crippen LogP) is 0.352. The molecule has 0 atom stereocenters. The molecule has 0 aromatic carbocycles. The molecule has 0 spiro atoms. The molecule has 4 heteroatoms. The van der Waals surface area contributed by atoms with Gasteiger partial charge in [0.25, 0.3) is 0 Å². The van der Waals surface area contributed by atoms with Crippen LogP contribution in [0.3, 0.4) is 0 Å². The second-order valence-corrected chi connectivity index (χ2v) is 3.84. The Morgan fingerprint density at radius 3 is 2.46 bits per heavy atom. The highest BCUT2D eigenvalue weighted by Crippen LogP contribution is 2.24. The van der Waals surface area contributed by atoms with Crippen molar-refractivity contribution in [2.24, 2.45) is 0 Å². The Morgan fingerprint density at radius 1 is 1.38 bits per heavy atom. The maximum absolute atomic E-state index is 11.1. The minimum Gasteiger partial charge on any atom is -0.337 e. The van der Waals surface area contributed by atoms with Gasteiger partial charge >= 0.3 is 6.03 Å². The first-order valence-corrected chi connectivity index (χ1v) is 4.76. The number of amides is 2.